The summed E-state index contributed by atoms with van der Waals surface area (Å²) in [4.78, 5) is 15.8. The van der Waals surface area contributed by atoms with E-state index in [1.165, 1.54) is 24.0 Å². The van der Waals surface area contributed by atoms with Crippen LogP contribution in [0.1, 0.15) is 10.4 Å². The van der Waals surface area contributed by atoms with E-state index >= 15 is 0 Å². The van der Waals surface area contributed by atoms with E-state index in [9.17, 15) is 4.79 Å². The Bertz CT molecular complexity index is 808. The second-order valence-electron chi connectivity index (χ2n) is 4.00. The van der Waals surface area contributed by atoms with Crippen molar-refractivity contribution in [2.45, 2.75) is 0 Å². The van der Waals surface area contributed by atoms with Crippen LogP contribution in [0.25, 0.3) is 17.2 Å². The van der Waals surface area contributed by atoms with Crippen LogP contribution < -0.4 is 5.73 Å². The number of hydrogen-bond donors (Lipinski definition) is 1. The van der Waals surface area contributed by atoms with Crippen LogP contribution >= 0.6 is 15.9 Å². The third-order valence-electron chi connectivity index (χ3n) is 2.67. The molecule has 0 radical (unpaired) electrons. The van der Waals surface area contributed by atoms with Gasteiger partial charge in [0.1, 0.15) is 12.1 Å². The molecule has 8 heteroatoms. The third-order valence-corrected chi connectivity index (χ3v) is 3.09. The zero-order valence-corrected chi connectivity index (χ0v) is 11.9. The Morgan fingerprint density at radius 3 is 2.90 bits per heavy atom. The van der Waals surface area contributed by atoms with Gasteiger partial charge in [-0.05, 0) is 28.1 Å². The Labute approximate surface area is 121 Å². The average Bonchev–Trinajstić information content (AvgIpc) is 3.03. The fraction of sp³-hybridized carbons (Fsp3) is 0.0833. The third kappa shape index (κ3) is 2.03. The van der Waals surface area contributed by atoms with Crippen molar-refractivity contribution in [1.82, 2.24) is 14.6 Å². The molecule has 7 nitrogen and oxygen atoms in total. The van der Waals surface area contributed by atoms with Crippen LogP contribution in [-0.4, -0.2) is 27.7 Å². The van der Waals surface area contributed by atoms with Crippen molar-refractivity contribution in [3.63, 3.8) is 0 Å². The molecule has 2 N–H and O–H groups in total. The number of nitrogen functional groups attached to an aromatic ring is 1. The molecule has 0 bridgehead atoms. The van der Waals surface area contributed by atoms with Gasteiger partial charge in [0.2, 0.25) is 5.82 Å². The highest BCUT2D eigenvalue weighted by Gasteiger charge is 2.15. The SMILES string of the molecule is COC(=O)c1cc(N)n2nc(-c3cc(Br)co3)nc2c1. The fourth-order valence-corrected chi connectivity index (χ4v) is 2.08. The molecule has 0 aliphatic rings. The standard InChI is InChI=1S/C12H9BrN4O3/c1-19-12(18)6-2-9(14)17-10(3-6)15-11(16-17)8-4-7(13)5-20-8/h2-5H,14H2,1H3. The molecule has 0 aromatic carbocycles. The highest BCUT2D eigenvalue weighted by molar-refractivity contribution is 9.10. The summed E-state index contributed by atoms with van der Waals surface area (Å²) < 4.78 is 12.2. The summed E-state index contributed by atoms with van der Waals surface area (Å²) in [6.07, 6.45) is 1.53. The predicted molar refractivity (Wildman–Crippen MR) is 74.1 cm³/mol. The Morgan fingerprint density at radius 1 is 1.45 bits per heavy atom. The van der Waals surface area contributed by atoms with E-state index in [0.29, 0.717) is 22.8 Å². The summed E-state index contributed by atoms with van der Waals surface area (Å²) in [5.74, 6) is 0.681. The molecule has 0 unspecified atom stereocenters. The Hall–Kier alpha value is -2.35. The fourth-order valence-electron chi connectivity index (χ4n) is 1.78. The summed E-state index contributed by atoms with van der Waals surface area (Å²) >= 11 is 3.29. The van der Waals surface area contributed by atoms with Crippen LogP contribution in [0, 0.1) is 0 Å². The second-order valence-corrected chi connectivity index (χ2v) is 4.91. The van der Waals surface area contributed by atoms with E-state index in [1.54, 1.807) is 12.1 Å². The van der Waals surface area contributed by atoms with Crippen molar-refractivity contribution in [3.05, 3.63) is 34.5 Å². The smallest absolute Gasteiger partial charge is 0.338 e. The lowest BCUT2D eigenvalue weighted by molar-refractivity contribution is 0.0601. The highest BCUT2D eigenvalue weighted by atomic mass is 79.9. The zero-order valence-electron chi connectivity index (χ0n) is 10.3. The molecule has 0 fully saturated rings. The molecule has 3 rings (SSSR count). The monoisotopic (exact) mass is 336 g/mol. The Morgan fingerprint density at radius 2 is 2.25 bits per heavy atom. The van der Waals surface area contributed by atoms with E-state index in [-0.39, 0.29) is 5.82 Å². The summed E-state index contributed by atoms with van der Waals surface area (Å²) in [5.41, 5.74) is 6.61. The van der Waals surface area contributed by atoms with Crippen LogP contribution in [0.5, 0.6) is 0 Å². The minimum absolute atomic E-state index is 0.285. The summed E-state index contributed by atoms with van der Waals surface area (Å²) in [6.45, 7) is 0. The molecule has 0 saturated carbocycles. The minimum Gasteiger partial charge on any atom is -0.465 e. The minimum atomic E-state index is -0.482. The molecule has 3 aromatic heterocycles. The van der Waals surface area contributed by atoms with Gasteiger partial charge in [-0.1, -0.05) is 0 Å². The molecule has 3 heterocycles. The zero-order chi connectivity index (χ0) is 14.3. The molecule has 0 atom stereocenters. The predicted octanol–water partition coefficient (Wildman–Crippen LogP) is 2.12. The summed E-state index contributed by atoms with van der Waals surface area (Å²) in [5, 5.41) is 4.24. The van der Waals surface area contributed by atoms with Crippen molar-refractivity contribution < 1.29 is 13.9 Å². The number of esters is 1. The maximum absolute atomic E-state index is 11.5. The number of aromatic nitrogens is 3. The van der Waals surface area contributed by atoms with Crippen molar-refractivity contribution in [1.29, 1.82) is 0 Å². The lowest BCUT2D eigenvalue weighted by Gasteiger charge is -2.01. The van der Waals surface area contributed by atoms with Crippen molar-refractivity contribution in [2.75, 3.05) is 12.8 Å². The van der Waals surface area contributed by atoms with Crippen molar-refractivity contribution in [3.8, 4) is 11.6 Å². The first-order valence-electron chi connectivity index (χ1n) is 5.57. The molecule has 0 aliphatic carbocycles. The van der Waals surface area contributed by atoms with Crippen LogP contribution in [0.2, 0.25) is 0 Å². The Balaban J connectivity index is 2.15. The number of rotatable bonds is 2. The summed E-state index contributed by atoms with van der Waals surface area (Å²) in [7, 11) is 1.30. The number of methoxy groups -OCH3 is 1. The molecule has 3 aromatic rings. The molecular formula is C12H9BrN4O3. The van der Waals surface area contributed by atoms with Gasteiger partial charge in [0.15, 0.2) is 11.4 Å². The van der Waals surface area contributed by atoms with Gasteiger partial charge in [-0.2, -0.15) is 4.52 Å². The topological polar surface area (TPSA) is 95.7 Å². The maximum Gasteiger partial charge on any atom is 0.338 e. The molecule has 102 valence electrons. The van der Waals surface area contributed by atoms with Crippen LogP contribution in [0.15, 0.2) is 33.4 Å². The molecule has 0 saturated heterocycles. The van der Waals surface area contributed by atoms with Gasteiger partial charge in [0.25, 0.3) is 0 Å². The highest BCUT2D eigenvalue weighted by Crippen LogP contribution is 2.24. The number of hydrogen-bond acceptors (Lipinski definition) is 6. The second kappa shape index (κ2) is 4.64. The number of carbonyl (C=O) groups excluding carboxylic acids is 1. The first-order chi connectivity index (χ1) is 9.58. The van der Waals surface area contributed by atoms with Crippen LogP contribution in [-0.2, 0) is 4.74 Å². The number of anilines is 1. The van der Waals surface area contributed by atoms with Crippen molar-refractivity contribution in [2.24, 2.45) is 0 Å². The maximum atomic E-state index is 11.5. The van der Waals surface area contributed by atoms with Crippen LogP contribution in [0.3, 0.4) is 0 Å². The number of carbonyl (C=O) groups is 1. The van der Waals surface area contributed by atoms with E-state index in [2.05, 4.69) is 30.7 Å². The largest absolute Gasteiger partial charge is 0.465 e. The van der Waals surface area contributed by atoms with Crippen LogP contribution in [0.4, 0.5) is 5.82 Å². The molecule has 0 aliphatic heterocycles. The number of nitrogens with zero attached hydrogens (tertiary/aromatic N) is 3. The van der Waals surface area contributed by atoms with E-state index in [4.69, 9.17) is 10.2 Å². The van der Waals surface area contributed by atoms with Gasteiger partial charge in [0.05, 0.1) is 17.1 Å². The average molecular weight is 337 g/mol. The number of furan rings is 1. The number of ether oxygens (including phenoxy) is 1. The van der Waals surface area contributed by atoms with Gasteiger partial charge in [-0.3, -0.25) is 0 Å². The van der Waals surface area contributed by atoms with Gasteiger partial charge < -0.3 is 14.9 Å². The van der Waals surface area contributed by atoms with Gasteiger partial charge in [-0.25, -0.2) is 9.78 Å². The lowest BCUT2D eigenvalue weighted by Crippen LogP contribution is -2.06. The molecule has 20 heavy (non-hydrogen) atoms. The number of nitrogens with two attached hydrogens (primary N) is 1. The van der Waals surface area contributed by atoms with Gasteiger partial charge in [-0.15, -0.1) is 5.10 Å². The summed E-state index contributed by atoms with van der Waals surface area (Å²) in [6, 6.07) is 4.78. The molecule has 0 amide bonds. The number of fused-ring (bicyclic) bond motifs is 1. The first-order valence-corrected chi connectivity index (χ1v) is 6.37. The van der Waals surface area contributed by atoms with Crippen molar-refractivity contribution >= 4 is 33.4 Å². The Kier molecular flexibility index (Phi) is 2.94. The van der Waals surface area contributed by atoms with E-state index in [0.717, 1.165) is 4.47 Å². The van der Waals surface area contributed by atoms with E-state index < -0.39 is 5.97 Å². The molecule has 0 spiro atoms. The normalized spacial score (nSPS) is 10.9. The number of halogens is 1. The molecular weight excluding hydrogens is 328 g/mol. The quantitative estimate of drug-likeness (QED) is 0.720. The first kappa shape index (κ1) is 12.7. The van der Waals surface area contributed by atoms with Gasteiger partial charge >= 0.3 is 5.97 Å². The number of pyridine rings is 1. The van der Waals surface area contributed by atoms with Gasteiger partial charge in [0, 0.05) is 6.07 Å². The van der Waals surface area contributed by atoms with E-state index in [1.807, 2.05) is 0 Å². The lowest BCUT2D eigenvalue weighted by atomic mass is 10.2.